The maximum atomic E-state index is 14.1. The maximum absolute atomic E-state index is 14.1. The van der Waals surface area contributed by atoms with Crippen molar-refractivity contribution in [1.82, 2.24) is 10.2 Å². The van der Waals surface area contributed by atoms with Crippen LogP contribution < -0.4 is 5.32 Å². The van der Waals surface area contributed by atoms with Crippen molar-refractivity contribution >= 4 is 23.4 Å². The lowest BCUT2D eigenvalue weighted by Crippen LogP contribution is -2.53. The topological polar surface area (TPSA) is 67.9 Å². The standard InChI is InChI=1S/C20H26ClFN2O4/c1-27-11-7-20(23-18(25)14-4-9-28-10-5-14)6-8-24(13-20)19(26)16-12-15(21)2-3-17(16)22/h2-3,12,14H,4-11,13H2,1H3,(H,23,25). The van der Waals surface area contributed by atoms with Gasteiger partial charge in [-0.05, 0) is 43.9 Å². The van der Waals surface area contributed by atoms with E-state index in [1.54, 1.807) is 12.0 Å². The number of benzene rings is 1. The molecule has 0 spiro atoms. The summed E-state index contributed by atoms with van der Waals surface area (Å²) in [7, 11) is 1.60. The van der Waals surface area contributed by atoms with Gasteiger partial charge in [-0.15, -0.1) is 0 Å². The molecule has 1 aromatic rings. The number of ether oxygens (including phenoxy) is 2. The lowest BCUT2D eigenvalue weighted by Gasteiger charge is -2.33. The lowest BCUT2D eigenvalue weighted by molar-refractivity contribution is -0.130. The molecule has 8 heteroatoms. The van der Waals surface area contributed by atoms with Crippen molar-refractivity contribution < 1.29 is 23.5 Å². The van der Waals surface area contributed by atoms with Crippen LogP contribution in [0.2, 0.25) is 5.02 Å². The Balaban J connectivity index is 1.72. The van der Waals surface area contributed by atoms with E-state index >= 15 is 0 Å². The number of likely N-dealkylation sites (tertiary alicyclic amines) is 1. The van der Waals surface area contributed by atoms with Crippen molar-refractivity contribution in [2.45, 2.75) is 31.2 Å². The highest BCUT2D eigenvalue weighted by atomic mass is 35.5. The molecule has 2 heterocycles. The molecule has 1 atom stereocenters. The number of hydrogen-bond acceptors (Lipinski definition) is 4. The molecule has 1 N–H and O–H groups in total. The van der Waals surface area contributed by atoms with Crippen molar-refractivity contribution in [1.29, 1.82) is 0 Å². The minimum atomic E-state index is -0.602. The van der Waals surface area contributed by atoms with Gasteiger partial charge in [-0.25, -0.2) is 4.39 Å². The highest BCUT2D eigenvalue weighted by Crippen LogP contribution is 2.29. The van der Waals surface area contributed by atoms with Gasteiger partial charge in [0.25, 0.3) is 5.91 Å². The minimum Gasteiger partial charge on any atom is -0.385 e. The van der Waals surface area contributed by atoms with Crippen LogP contribution in [0.1, 0.15) is 36.0 Å². The number of hydrogen-bond donors (Lipinski definition) is 1. The van der Waals surface area contributed by atoms with Crippen molar-refractivity contribution in [2.24, 2.45) is 5.92 Å². The van der Waals surface area contributed by atoms with Gasteiger partial charge in [-0.2, -0.15) is 0 Å². The quantitative estimate of drug-likeness (QED) is 0.780. The first-order valence-corrected chi connectivity index (χ1v) is 9.95. The van der Waals surface area contributed by atoms with Crippen LogP contribution in [0.25, 0.3) is 0 Å². The van der Waals surface area contributed by atoms with Gasteiger partial charge < -0.3 is 19.7 Å². The summed E-state index contributed by atoms with van der Waals surface area (Å²) in [5.41, 5.74) is -0.623. The molecule has 2 fully saturated rings. The molecule has 0 aromatic heterocycles. The smallest absolute Gasteiger partial charge is 0.256 e. The Labute approximate surface area is 169 Å². The highest BCUT2D eigenvalue weighted by molar-refractivity contribution is 6.31. The van der Waals surface area contributed by atoms with E-state index in [4.69, 9.17) is 21.1 Å². The predicted octanol–water partition coefficient (Wildman–Crippen LogP) is 2.64. The second-order valence-electron chi connectivity index (χ2n) is 7.50. The second-order valence-corrected chi connectivity index (χ2v) is 7.94. The van der Waals surface area contributed by atoms with Gasteiger partial charge in [-0.1, -0.05) is 11.6 Å². The fraction of sp³-hybridized carbons (Fsp3) is 0.600. The Kier molecular flexibility index (Phi) is 6.91. The lowest BCUT2D eigenvalue weighted by atomic mass is 9.91. The minimum absolute atomic E-state index is 0.0114. The summed E-state index contributed by atoms with van der Waals surface area (Å²) in [5.74, 6) is -1.11. The molecule has 6 nitrogen and oxygen atoms in total. The van der Waals surface area contributed by atoms with Crippen molar-refractivity contribution in [3.05, 3.63) is 34.6 Å². The summed E-state index contributed by atoms with van der Waals surface area (Å²) in [4.78, 5) is 27.2. The Morgan fingerprint density at radius 2 is 2.14 bits per heavy atom. The van der Waals surface area contributed by atoms with Crippen molar-refractivity contribution in [3.8, 4) is 0 Å². The van der Waals surface area contributed by atoms with Gasteiger partial charge in [0.2, 0.25) is 5.91 Å². The molecule has 0 bridgehead atoms. The van der Waals surface area contributed by atoms with E-state index in [0.29, 0.717) is 63.6 Å². The van der Waals surface area contributed by atoms with Crippen molar-refractivity contribution in [2.75, 3.05) is 40.0 Å². The fourth-order valence-corrected chi connectivity index (χ4v) is 4.04. The average Bonchev–Trinajstić information content (AvgIpc) is 3.12. The third kappa shape index (κ3) is 4.82. The number of halogens is 2. The molecule has 2 amide bonds. The average molecular weight is 413 g/mol. The molecule has 2 aliphatic rings. The fourth-order valence-electron chi connectivity index (χ4n) is 3.87. The van der Waals surface area contributed by atoms with Gasteiger partial charge in [0.1, 0.15) is 5.82 Å². The van der Waals surface area contributed by atoms with E-state index in [1.165, 1.54) is 18.2 Å². The third-order valence-electron chi connectivity index (χ3n) is 5.57. The number of rotatable bonds is 6. The van der Waals surface area contributed by atoms with Crippen LogP contribution in [0, 0.1) is 11.7 Å². The van der Waals surface area contributed by atoms with Crippen LogP contribution in [0.3, 0.4) is 0 Å². The maximum Gasteiger partial charge on any atom is 0.256 e. The molecule has 154 valence electrons. The van der Waals surface area contributed by atoms with E-state index in [2.05, 4.69) is 5.32 Å². The van der Waals surface area contributed by atoms with Crippen LogP contribution in [0.15, 0.2) is 18.2 Å². The molecule has 28 heavy (non-hydrogen) atoms. The van der Waals surface area contributed by atoms with Crippen LogP contribution in [0.4, 0.5) is 4.39 Å². The Morgan fingerprint density at radius 3 is 2.86 bits per heavy atom. The van der Waals surface area contributed by atoms with E-state index in [0.717, 1.165) is 0 Å². The number of nitrogens with zero attached hydrogens (tertiary/aromatic N) is 1. The number of methoxy groups -OCH3 is 1. The van der Waals surface area contributed by atoms with Gasteiger partial charge in [0.05, 0.1) is 11.1 Å². The Hall–Kier alpha value is -1.70. The number of carbonyl (C=O) groups excluding carboxylic acids is 2. The number of amides is 2. The molecule has 1 unspecified atom stereocenters. The molecular weight excluding hydrogens is 387 g/mol. The molecule has 1 aromatic carbocycles. The molecule has 2 aliphatic heterocycles. The van der Waals surface area contributed by atoms with Crippen LogP contribution in [0.5, 0.6) is 0 Å². The summed E-state index contributed by atoms with van der Waals surface area (Å²) >= 11 is 5.93. The molecule has 0 aliphatic carbocycles. The molecular formula is C20H26ClFN2O4. The molecule has 0 radical (unpaired) electrons. The molecule has 0 saturated carbocycles. The third-order valence-corrected chi connectivity index (χ3v) is 5.80. The van der Waals surface area contributed by atoms with E-state index in [-0.39, 0.29) is 17.4 Å². The summed E-state index contributed by atoms with van der Waals surface area (Å²) < 4.78 is 24.7. The zero-order valence-electron chi connectivity index (χ0n) is 16.0. The summed E-state index contributed by atoms with van der Waals surface area (Å²) in [5, 5.41) is 3.48. The highest BCUT2D eigenvalue weighted by Gasteiger charge is 2.42. The zero-order chi connectivity index (χ0) is 20.1. The molecule has 3 rings (SSSR count). The Bertz CT molecular complexity index is 726. The van der Waals surface area contributed by atoms with Crippen LogP contribution in [-0.2, 0) is 14.3 Å². The van der Waals surface area contributed by atoms with Gasteiger partial charge in [0, 0.05) is 51.0 Å². The summed E-state index contributed by atoms with van der Waals surface area (Å²) in [6.45, 7) is 2.38. The van der Waals surface area contributed by atoms with E-state index < -0.39 is 17.3 Å². The summed E-state index contributed by atoms with van der Waals surface area (Å²) in [6.07, 6.45) is 2.57. The van der Waals surface area contributed by atoms with Gasteiger partial charge in [0.15, 0.2) is 0 Å². The first kappa shape index (κ1) is 21.0. The van der Waals surface area contributed by atoms with Crippen molar-refractivity contribution in [3.63, 3.8) is 0 Å². The van der Waals surface area contributed by atoms with E-state index in [9.17, 15) is 14.0 Å². The largest absolute Gasteiger partial charge is 0.385 e. The first-order chi connectivity index (χ1) is 13.4. The van der Waals surface area contributed by atoms with Crippen LogP contribution in [-0.4, -0.2) is 62.3 Å². The summed E-state index contributed by atoms with van der Waals surface area (Å²) in [6, 6.07) is 3.94. The number of carbonyl (C=O) groups is 2. The van der Waals surface area contributed by atoms with Crippen LogP contribution >= 0.6 is 11.6 Å². The SMILES string of the molecule is COCCC1(NC(=O)C2CCOCC2)CCN(C(=O)c2cc(Cl)ccc2F)C1. The predicted molar refractivity (Wildman–Crippen MR) is 103 cm³/mol. The van der Waals surface area contributed by atoms with Gasteiger partial charge >= 0.3 is 0 Å². The van der Waals surface area contributed by atoms with E-state index in [1.807, 2.05) is 0 Å². The Morgan fingerprint density at radius 1 is 1.39 bits per heavy atom. The zero-order valence-corrected chi connectivity index (χ0v) is 16.8. The molecule has 2 saturated heterocycles. The first-order valence-electron chi connectivity index (χ1n) is 9.57. The van der Waals surface area contributed by atoms with Gasteiger partial charge in [-0.3, -0.25) is 9.59 Å². The normalized spacial score (nSPS) is 23.0. The monoisotopic (exact) mass is 412 g/mol. The number of nitrogens with one attached hydrogen (secondary N) is 1. The second kappa shape index (κ2) is 9.20.